The third-order valence-electron chi connectivity index (χ3n) is 3.11. The van der Waals surface area contributed by atoms with Gasteiger partial charge in [-0.3, -0.25) is 4.79 Å². The summed E-state index contributed by atoms with van der Waals surface area (Å²) in [6.45, 7) is 4.35. The molecule has 0 saturated carbocycles. The molecule has 1 rings (SSSR count). The van der Waals surface area contributed by atoms with Gasteiger partial charge in [0.05, 0.1) is 0 Å². The second-order valence-electron chi connectivity index (χ2n) is 4.87. The lowest BCUT2D eigenvalue weighted by atomic mass is 10.1. The van der Waals surface area contributed by atoms with Gasteiger partial charge in [-0.05, 0) is 30.9 Å². The average molecular weight is 278 g/mol. The first kappa shape index (κ1) is 16.5. The maximum Gasteiger partial charge on any atom is 0.220 e. The highest BCUT2D eigenvalue weighted by Gasteiger charge is 2.03. The minimum Gasteiger partial charge on any atom is -0.399 e. The molecule has 0 aromatic heterocycles. The minimum atomic E-state index is 0.0711. The number of unbranched alkanes of at least 4 members (excludes halogenated alkanes) is 1. The number of hydrogen-bond acceptors (Lipinski definition) is 3. The molecule has 0 radical (unpaired) electrons. The summed E-state index contributed by atoms with van der Waals surface area (Å²) in [5, 5.41) is 2.90. The Bertz CT molecular complexity index is 394. The zero-order valence-electron chi connectivity index (χ0n) is 12.4. The van der Waals surface area contributed by atoms with Crippen LogP contribution in [0.25, 0.3) is 0 Å². The Labute approximate surface area is 121 Å². The third-order valence-corrected chi connectivity index (χ3v) is 3.11. The number of nitrogen functional groups attached to an aromatic ring is 1. The number of ether oxygens (including phenoxy) is 1. The fourth-order valence-electron chi connectivity index (χ4n) is 1.85. The number of benzene rings is 1. The Kier molecular flexibility index (Phi) is 8.47. The summed E-state index contributed by atoms with van der Waals surface area (Å²) in [5.74, 6) is 0.0711. The second kappa shape index (κ2) is 10.3. The van der Waals surface area contributed by atoms with Crippen molar-refractivity contribution < 1.29 is 9.53 Å². The second-order valence-corrected chi connectivity index (χ2v) is 4.87. The largest absolute Gasteiger partial charge is 0.399 e. The summed E-state index contributed by atoms with van der Waals surface area (Å²) in [4.78, 5) is 11.7. The van der Waals surface area contributed by atoms with Gasteiger partial charge in [-0.2, -0.15) is 0 Å². The zero-order valence-corrected chi connectivity index (χ0v) is 12.4. The molecular weight excluding hydrogens is 252 g/mol. The first-order valence-corrected chi connectivity index (χ1v) is 7.42. The van der Waals surface area contributed by atoms with Gasteiger partial charge in [-0.15, -0.1) is 0 Å². The predicted octanol–water partition coefficient (Wildman–Crippen LogP) is 2.52. The number of nitrogens with two attached hydrogens (primary N) is 1. The van der Waals surface area contributed by atoms with Gasteiger partial charge in [0.25, 0.3) is 0 Å². The molecule has 0 fully saturated rings. The van der Waals surface area contributed by atoms with Crippen LogP contribution in [0, 0.1) is 0 Å². The van der Waals surface area contributed by atoms with Crippen LogP contribution in [0.15, 0.2) is 24.3 Å². The predicted molar refractivity (Wildman–Crippen MR) is 82.5 cm³/mol. The molecule has 0 unspecified atom stereocenters. The molecule has 0 aliphatic rings. The van der Waals surface area contributed by atoms with E-state index in [1.54, 1.807) is 0 Å². The molecule has 3 N–H and O–H groups in total. The molecule has 0 aliphatic carbocycles. The number of amides is 1. The lowest BCUT2D eigenvalue weighted by Gasteiger charge is -2.07. The monoisotopic (exact) mass is 278 g/mol. The van der Waals surface area contributed by atoms with Gasteiger partial charge in [0.15, 0.2) is 0 Å². The molecule has 0 saturated heterocycles. The number of carbonyl (C=O) groups excluding carboxylic acids is 1. The van der Waals surface area contributed by atoms with E-state index in [1.807, 2.05) is 24.3 Å². The number of hydrogen-bond donors (Lipinski definition) is 2. The fraction of sp³-hybridized carbons (Fsp3) is 0.562. The van der Waals surface area contributed by atoms with Crippen LogP contribution in [0.1, 0.15) is 38.2 Å². The van der Waals surface area contributed by atoms with Crippen LogP contribution in [0.3, 0.4) is 0 Å². The van der Waals surface area contributed by atoms with E-state index in [0.717, 1.165) is 37.1 Å². The number of rotatable bonds is 10. The maximum absolute atomic E-state index is 11.7. The molecule has 0 heterocycles. The quantitative estimate of drug-likeness (QED) is 0.510. The smallest absolute Gasteiger partial charge is 0.220 e. The molecule has 4 heteroatoms. The Hall–Kier alpha value is -1.55. The molecular formula is C16H26N2O2. The lowest BCUT2D eigenvalue weighted by molar-refractivity contribution is -0.121. The number of aryl methyl sites for hydroxylation is 1. The van der Waals surface area contributed by atoms with E-state index >= 15 is 0 Å². The molecule has 112 valence electrons. The van der Waals surface area contributed by atoms with Gasteiger partial charge < -0.3 is 15.8 Å². The molecule has 20 heavy (non-hydrogen) atoms. The Morgan fingerprint density at radius 3 is 2.75 bits per heavy atom. The van der Waals surface area contributed by atoms with E-state index in [4.69, 9.17) is 10.5 Å². The van der Waals surface area contributed by atoms with E-state index in [-0.39, 0.29) is 5.91 Å². The molecule has 0 aliphatic heterocycles. The Morgan fingerprint density at radius 2 is 2.00 bits per heavy atom. The average Bonchev–Trinajstić information content (AvgIpc) is 2.45. The summed E-state index contributed by atoms with van der Waals surface area (Å²) in [5.41, 5.74) is 7.63. The van der Waals surface area contributed by atoms with Gasteiger partial charge in [0, 0.05) is 31.9 Å². The minimum absolute atomic E-state index is 0.0711. The molecule has 1 aromatic rings. The lowest BCUT2D eigenvalue weighted by Crippen LogP contribution is -2.25. The van der Waals surface area contributed by atoms with Crippen molar-refractivity contribution in [3.8, 4) is 0 Å². The zero-order chi connectivity index (χ0) is 14.6. The highest BCUT2D eigenvalue weighted by molar-refractivity contribution is 5.76. The van der Waals surface area contributed by atoms with Crippen molar-refractivity contribution in [2.45, 2.75) is 39.0 Å². The van der Waals surface area contributed by atoms with Crippen molar-refractivity contribution in [2.24, 2.45) is 0 Å². The van der Waals surface area contributed by atoms with Crippen LogP contribution in [-0.4, -0.2) is 25.7 Å². The molecule has 1 aromatic carbocycles. The van der Waals surface area contributed by atoms with Crippen molar-refractivity contribution in [1.82, 2.24) is 5.32 Å². The van der Waals surface area contributed by atoms with Crippen LogP contribution in [0.2, 0.25) is 0 Å². The van der Waals surface area contributed by atoms with Crippen molar-refractivity contribution >= 4 is 11.6 Å². The van der Waals surface area contributed by atoms with Crippen molar-refractivity contribution in [3.05, 3.63) is 29.8 Å². The molecule has 4 nitrogen and oxygen atoms in total. The van der Waals surface area contributed by atoms with Crippen molar-refractivity contribution in [3.63, 3.8) is 0 Å². The standard InChI is InChI=1S/C16H26N2O2/c1-2-3-12-20-13-6-11-18-16(19)10-9-14-7-4-5-8-15(14)17/h4-5,7-8H,2-3,6,9-13,17H2,1H3,(H,18,19). The SMILES string of the molecule is CCCCOCCCNC(=O)CCc1ccccc1N. The molecule has 1 amide bonds. The third kappa shape index (κ3) is 7.14. The number of nitrogens with one attached hydrogen (secondary N) is 1. The van der Waals surface area contributed by atoms with E-state index in [9.17, 15) is 4.79 Å². The van der Waals surface area contributed by atoms with Crippen molar-refractivity contribution in [1.29, 1.82) is 0 Å². The van der Waals surface area contributed by atoms with Gasteiger partial charge >= 0.3 is 0 Å². The summed E-state index contributed by atoms with van der Waals surface area (Å²) in [7, 11) is 0. The first-order chi connectivity index (χ1) is 9.74. The summed E-state index contributed by atoms with van der Waals surface area (Å²) < 4.78 is 5.43. The number of para-hydroxylation sites is 1. The highest BCUT2D eigenvalue weighted by atomic mass is 16.5. The van der Waals surface area contributed by atoms with Gasteiger partial charge in [-0.1, -0.05) is 31.5 Å². The fourth-order valence-corrected chi connectivity index (χ4v) is 1.85. The van der Waals surface area contributed by atoms with E-state index in [1.165, 1.54) is 0 Å². The van der Waals surface area contributed by atoms with E-state index in [0.29, 0.717) is 26.0 Å². The summed E-state index contributed by atoms with van der Waals surface area (Å²) in [6, 6.07) is 7.67. The number of carbonyl (C=O) groups is 1. The first-order valence-electron chi connectivity index (χ1n) is 7.42. The molecule has 0 spiro atoms. The molecule has 0 atom stereocenters. The molecule has 0 bridgehead atoms. The maximum atomic E-state index is 11.7. The normalized spacial score (nSPS) is 10.4. The van der Waals surface area contributed by atoms with Gasteiger partial charge in [0.1, 0.15) is 0 Å². The topological polar surface area (TPSA) is 64.3 Å². The van der Waals surface area contributed by atoms with Crippen LogP contribution in [0.5, 0.6) is 0 Å². The Morgan fingerprint density at radius 1 is 1.25 bits per heavy atom. The van der Waals surface area contributed by atoms with Crippen LogP contribution < -0.4 is 11.1 Å². The highest BCUT2D eigenvalue weighted by Crippen LogP contribution is 2.12. The summed E-state index contributed by atoms with van der Waals surface area (Å²) >= 11 is 0. The van der Waals surface area contributed by atoms with Crippen LogP contribution in [-0.2, 0) is 16.0 Å². The van der Waals surface area contributed by atoms with Gasteiger partial charge in [-0.25, -0.2) is 0 Å². The van der Waals surface area contributed by atoms with Crippen LogP contribution >= 0.6 is 0 Å². The van der Waals surface area contributed by atoms with Gasteiger partial charge in [0.2, 0.25) is 5.91 Å². The number of anilines is 1. The van der Waals surface area contributed by atoms with Crippen molar-refractivity contribution in [2.75, 3.05) is 25.5 Å². The van der Waals surface area contributed by atoms with E-state index < -0.39 is 0 Å². The van der Waals surface area contributed by atoms with E-state index in [2.05, 4.69) is 12.2 Å². The summed E-state index contributed by atoms with van der Waals surface area (Å²) in [6.07, 6.45) is 4.28. The Balaban J connectivity index is 2.05. The van der Waals surface area contributed by atoms with Crippen LogP contribution in [0.4, 0.5) is 5.69 Å².